The summed E-state index contributed by atoms with van der Waals surface area (Å²) >= 11 is 0. The van der Waals surface area contributed by atoms with Crippen LogP contribution >= 0.6 is 0 Å². The Morgan fingerprint density at radius 2 is 1.67 bits per heavy atom. The first-order valence-corrected chi connectivity index (χ1v) is 11.5. The lowest BCUT2D eigenvalue weighted by Crippen LogP contribution is -2.66. The number of rotatable bonds is 1. The van der Waals surface area contributed by atoms with E-state index in [-0.39, 0.29) is 6.85 Å². The van der Waals surface area contributed by atoms with Gasteiger partial charge in [-0.15, -0.1) is 0 Å². The molecule has 0 bridgehead atoms. The molecule has 0 amide bonds. The Morgan fingerprint density at radius 3 is 2.58 bits per heavy atom. The summed E-state index contributed by atoms with van der Waals surface area (Å²) in [5.74, 6) is 2.22. The van der Waals surface area contributed by atoms with Crippen LogP contribution in [0.1, 0.15) is 25.3 Å². The molecule has 0 aliphatic carbocycles. The molecule has 33 heavy (non-hydrogen) atoms. The lowest BCUT2D eigenvalue weighted by molar-refractivity contribution is 0.477. The van der Waals surface area contributed by atoms with Crippen LogP contribution < -0.4 is 36.4 Å². The molecule has 0 fully saturated rings. The van der Waals surface area contributed by atoms with Crippen LogP contribution in [0.5, 0.6) is 11.5 Å². The molecule has 158 valence electrons. The molecule has 0 saturated heterocycles. The van der Waals surface area contributed by atoms with Crippen molar-refractivity contribution in [2.24, 2.45) is 0 Å². The Bertz CT molecular complexity index is 1510. The minimum absolute atomic E-state index is 0.0416. The third-order valence-corrected chi connectivity index (χ3v) is 7.37. The van der Waals surface area contributed by atoms with Gasteiger partial charge in [-0.3, -0.25) is 0 Å². The SMILES string of the molecule is CC(C)c1cc2c3c(c1)N1c4ccccc4Oc4cccc(c41)B3N1NNc3cccc-2c31. The third-order valence-electron chi connectivity index (χ3n) is 7.37. The summed E-state index contributed by atoms with van der Waals surface area (Å²) in [6, 6.07) is 26.1. The number of hydrogen-bond donors (Lipinski definition) is 2. The average Bonchev–Trinajstić information content (AvgIpc) is 3.27. The topological polar surface area (TPSA) is 39.8 Å². The Labute approximate surface area is 192 Å². The Kier molecular flexibility index (Phi) is 3.16. The second-order valence-corrected chi connectivity index (χ2v) is 9.47. The number of nitrogens with zero attached hydrogens (tertiary/aromatic N) is 2. The van der Waals surface area contributed by atoms with Gasteiger partial charge in [0.05, 0.1) is 22.7 Å². The summed E-state index contributed by atoms with van der Waals surface area (Å²) in [4.78, 5) is 4.71. The average molecular weight is 428 g/mol. The Hall–Kier alpha value is -3.90. The van der Waals surface area contributed by atoms with Crippen molar-refractivity contribution in [2.45, 2.75) is 19.8 Å². The molecule has 0 unspecified atom stereocenters. The van der Waals surface area contributed by atoms with Crippen molar-refractivity contribution in [1.29, 1.82) is 0 Å². The van der Waals surface area contributed by atoms with Gasteiger partial charge in [-0.2, -0.15) is 5.53 Å². The molecule has 4 aliphatic heterocycles. The van der Waals surface area contributed by atoms with E-state index in [1.165, 1.54) is 39.0 Å². The molecule has 4 aromatic rings. The van der Waals surface area contributed by atoms with Crippen LogP contribution in [0.25, 0.3) is 11.1 Å². The quantitative estimate of drug-likeness (QED) is 0.362. The van der Waals surface area contributed by atoms with E-state index in [4.69, 9.17) is 4.74 Å². The lowest BCUT2D eigenvalue weighted by atomic mass is 9.44. The summed E-state index contributed by atoms with van der Waals surface area (Å²) in [6.45, 7) is 4.59. The highest BCUT2D eigenvalue weighted by Crippen LogP contribution is 2.54. The van der Waals surface area contributed by atoms with Crippen molar-refractivity contribution >= 4 is 46.2 Å². The number of fused-ring (bicyclic) bond motifs is 6. The van der Waals surface area contributed by atoms with E-state index >= 15 is 0 Å². The van der Waals surface area contributed by atoms with Crippen LogP contribution in [0.4, 0.5) is 28.4 Å². The summed E-state index contributed by atoms with van der Waals surface area (Å²) in [6.07, 6.45) is 0. The van der Waals surface area contributed by atoms with Crippen molar-refractivity contribution in [3.05, 3.63) is 78.4 Å². The van der Waals surface area contributed by atoms with Crippen LogP contribution in [0.15, 0.2) is 72.8 Å². The van der Waals surface area contributed by atoms with Crippen molar-refractivity contribution in [2.75, 3.05) is 15.2 Å². The van der Waals surface area contributed by atoms with Crippen molar-refractivity contribution < 1.29 is 4.74 Å². The standard InChI is InChI=1S/C27H21BN4O/c1-15(2)16-13-18-17-7-5-9-20-26(17)32(30-29-20)28-19-8-6-12-24-27(19)31(22(14-16)25(18)28)21-10-3-4-11-23(21)33-24/h3-15,29-30H,1-2H3. The number of benzene rings is 4. The highest BCUT2D eigenvalue weighted by Gasteiger charge is 2.49. The second-order valence-electron chi connectivity index (χ2n) is 9.47. The van der Waals surface area contributed by atoms with Crippen LogP contribution in [-0.4, -0.2) is 6.85 Å². The largest absolute Gasteiger partial charge is 0.453 e. The minimum atomic E-state index is 0.0416. The fourth-order valence-corrected chi connectivity index (χ4v) is 5.90. The monoisotopic (exact) mass is 428 g/mol. The van der Waals surface area contributed by atoms with Crippen LogP contribution in [-0.2, 0) is 0 Å². The van der Waals surface area contributed by atoms with Gasteiger partial charge in [-0.25, -0.2) is 0 Å². The molecule has 0 spiro atoms. The summed E-state index contributed by atoms with van der Waals surface area (Å²) in [5, 5.41) is 0. The zero-order valence-electron chi connectivity index (χ0n) is 18.4. The fraction of sp³-hybridized carbons (Fsp3) is 0.111. The first-order chi connectivity index (χ1) is 16.2. The summed E-state index contributed by atoms with van der Waals surface area (Å²) in [5.41, 5.74) is 19.1. The lowest BCUT2D eigenvalue weighted by Gasteiger charge is -2.45. The van der Waals surface area contributed by atoms with Gasteiger partial charge < -0.3 is 20.0 Å². The van der Waals surface area contributed by atoms with Crippen LogP contribution in [0.2, 0.25) is 0 Å². The first-order valence-electron chi connectivity index (χ1n) is 11.5. The van der Waals surface area contributed by atoms with Gasteiger partial charge >= 0.3 is 6.85 Å². The van der Waals surface area contributed by atoms with E-state index in [0.717, 1.165) is 28.6 Å². The normalized spacial score (nSPS) is 15.4. The minimum Gasteiger partial charge on any atom is -0.453 e. The fourth-order valence-electron chi connectivity index (χ4n) is 5.90. The molecule has 2 N–H and O–H groups in total. The number of nitrogens with one attached hydrogen (secondary N) is 2. The Morgan fingerprint density at radius 1 is 0.818 bits per heavy atom. The van der Waals surface area contributed by atoms with Gasteiger partial charge in [0.1, 0.15) is 0 Å². The van der Waals surface area contributed by atoms with E-state index in [9.17, 15) is 0 Å². The van der Waals surface area contributed by atoms with Crippen molar-refractivity contribution in [3.8, 4) is 22.6 Å². The number of ether oxygens (including phenoxy) is 1. The van der Waals surface area contributed by atoms with Gasteiger partial charge in [0, 0.05) is 11.3 Å². The van der Waals surface area contributed by atoms with E-state index in [2.05, 4.69) is 101 Å². The number of anilines is 5. The van der Waals surface area contributed by atoms with Gasteiger partial charge in [-0.05, 0) is 58.3 Å². The van der Waals surface area contributed by atoms with Gasteiger partial charge in [0.15, 0.2) is 11.5 Å². The highest BCUT2D eigenvalue weighted by molar-refractivity contribution is 6.93. The first kappa shape index (κ1) is 17.6. The zero-order chi connectivity index (χ0) is 21.8. The Balaban J connectivity index is 1.54. The zero-order valence-corrected chi connectivity index (χ0v) is 18.4. The summed E-state index contributed by atoms with van der Waals surface area (Å²) in [7, 11) is 0. The molecule has 0 radical (unpaired) electrons. The van der Waals surface area contributed by atoms with Crippen molar-refractivity contribution in [3.63, 3.8) is 0 Å². The van der Waals surface area contributed by atoms with Gasteiger partial charge in [0.25, 0.3) is 0 Å². The maximum Gasteiger partial charge on any atom is 0.347 e. The predicted octanol–water partition coefficient (Wildman–Crippen LogP) is 5.14. The van der Waals surface area contributed by atoms with Crippen LogP contribution in [0.3, 0.4) is 0 Å². The molecule has 0 atom stereocenters. The maximum absolute atomic E-state index is 6.41. The van der Waals surface area contributed by atoms with Crippen molar-refractivity contribution in [1.82, 2.24) is 5.53 Å². The molecule has 4 aliphatic rings. The molecule has 0 saturated carbocycles. The predicted molar refractivity (Wildman–Crippen MR) is 135 cm³/mol. The molecular weight excluding hydrogens is 407 g/mol. The molecule has 0 aromatic heterocycles. The molecule has 8 rings (SSSR count). The second kappa shape index (κ2) is 5.91. The smallest absolute Gasteiger partial charge is 0.347 e. The third kappa shape index (κ3) is 2.07. The number of para-hydroxylation sites is 4. The van der Waals surface area contributed by atoms with E-state index in [1.807, 2.05) is 6.07 Å². The molecule has 5 nitrogen and oxygen atoms in total. The summed E-state index contributed by atoms with van der Waals surface area (Å²) < 4.78 is 6.41. The van der Waals surface area contributed by atoms with E-state index in [1.54, 1.807) is 0 Å². The molecular formula is C27H21BN4O. The highest BCUT2D eigenvalue weighted by atomic mass is 16.5. The van der Waals surface area contributed by atoms with E-state index < -0.39 is 0 Å². The van der Waals surface area contributed by atoms with Gasteiger partial charge in [0.2, 0.25) is 0 Å². The maximum atomic E-state index is 6.41. The van der Waals surface area contributed by atoms with Gasteiger partial charge in [-0.1, -0.05) is 56.3 Å². The molecule has 6 heteroatoms. The number of hydrogen-bond acceptors (Lipinski definition) is 5. The van der Waals surface area contributed by atoms with E-state index in [0.29, 0.717) is 5.92 Å². The molecule has 4 heterocycles. The van der Waals surface area contributed by atoms with Crippen LogP contribution in [0, 0.1) is 0 Å². The molecule has 4 aromatic carbocycles. The number of hydrazine groups is 2.